The van der Waals surface area contributed by atoms with Gasteiger partial charge in [0.25, 0.3) is 0 Å². The van der Waals surface area contributed by atoms with Crippen LogP contribution in [0.2, 0.25) is 0 Å². The third kappa shape index (κ3) is 0.896. The van der Waals surface area contributed by atoms with Crippen LogP contribution < -0.4 is 0 Å². The number of fused-ring (bicyclic) bond motifs is 1. The van der Waals surface area contributed by atoms with Crippen LogP contribution in [0.3, 0.4) is 0 Å². The van der Waals surface area contributed by atoms with Gasteiger partial charge >= 0.3 is 0 Å². The van der Waals surface area contributed by atoms with Crippen LogP contribution in [0.15, 0.2) is 0 Å². The van der Waals surface area contributed by atoms with Crippen molar-refractivity contribution in [1.29, 1.82) is 10.5 Å². The van der Waals surface area contributed by atoms with Gasteiger partial charge in [0.15, 0.2) is 6.10 Å². The first-order valence-corrected chi connectivity index (χ1v) is 4.09. The second-order valence-electron chi connectivity index (χ2n) is 3.16. The zero-order valence-corrected chi connectivity index (χ0v) is 6.60. The Kier molecular flexibility index (Phi) is 1.73. The SMILES string of the molecule is N#C[C@@H]1[C@H](C#N)ON2CCC[C@H]12. The lowest BCUT2D eigenvalue weighted by Crippen LogP contribution is -2.24. The summed E-state index contributed by atoms with van der Waals surface area (Å²) in [7, 11) is 0. The molecule has 2 heterocycles. The molecule has 0 aromatic carbocycles. The van der Waals surface area contributed by atoms with E-state index in [9.17, 15) is 0 Å². The summed E-state index contributed by atoms with van der Waals surface area (Å²) in [5.74, 6) is -0.252. The van der Waals surface area contributed by atoms with E-state index in [1.165, 1.54) is 0 Å². The Bertz CT molecular complexity index is 264. The summed E-state index contributed by atoms with van der Waals surface area (Å²) in [6.45, 7) is 0.862. The predicted octanol–water partition coefficient (Wildman–Crippen LogP) is 0.428. The summed E-state index contributed by atoms with van der Waals surface area (Å²) in [6, 6.07) is 4.32. The molecule has 12 heavy (non-hydrogen) atoms. The Balaban J connectivity index is 2.18. The largest absolute Gasteiger partial charge is 0.279 e. The highest BCUT2D eigenvalue weighted by atomic mass is 16.7. The van der Waals surface area contributed by atoms with E-state index in [4.69, 9.17) is 15.4 Å². The second kappa shape index (κ2) is 2.75. The molecule has 2 fully saturated rings. The molecule has 2 aliphatic rings. The van der Waals surface area contributed by atoms with Crippen LogP contribution in [0.5, 0.6) is 0 Å². The van der Waals surface area contributed by atoms with Gasteiger partial charge in [0.1, 0.15) is 5.92 Å². The topological polar surface area (TPSA) is 60.1 Å². The van der Waals surface area contributed by atoms with Crippen molar-refractivity contribution < 1.29 is 4.84 Å². The number of nitriles is 2. The maximum atomic E-state index is 8.81. The first kappa shape index (κ1) is 7.54. The lowest BCUT2D eigenvalue weighted by Gasteiger charge is -2.11. The molecule has 0 bridgehead atoms. The van der Waals surface area contributed by atoms with Crippen molar-refractivity contribution in [2.24, 2.45) is 5.92 Å². The van der Waals surface area contributed by atoms with Gasteiger partial charge in [0.05, 0.1) is 18.2 Å². The third-order valence-electron chi connectivity index (χ3n) is 2.51. The highest BCUT2D eigenvalue weighted by Gasteiger charge is 2.45. The Hall–Kier alpha value is -1.10. The van der Waals surface area contributed by atoms with Crippen molar-refractivity contribution in [2.75, 3.05) is 6.54 Å². The van der Waals surface area contributed by atoms with Gasteiger partial charge < -0.3 is 0 Å². The van der Waals surface area contributed by atoms with E-state index in [-0.39, 0.29) is 12.0 Å². The van der Waals surface area contributed by atoms with Gasteiger partial charge in [-0.2, -0.15) is 15.6 Å². The quantitative estimate of drug-likeness (QED) is 0.519. The highest BCUT2D eigenvalue weighted by molar-refractivity contribution is 5.09. The molecule has 0 aromatic rings. The summed E-state index contributed by atoms with van der Waals surface area (Å²) in [5, 5.41) is 19.3. The minimum Gasteiger partial charge on any atom is -0.279 e. The normalized spacial score (nSPS) is 40.3. The summed E-state index contributed by atoms with van der Waals surface area (Å²) >= 11 is 0. The maximum absolute atomic E-state index is 8.81. The van der Waals surface area contributed by atoms with Crippen LogP contribution in [0, 0.1) is 28.6 Å². The highest BCUT2D eigenvalue weighted by Crippen LogP contribution is 2.34. The van der Waals surface area contributed by atoms with E-state index >= 15 is 0 Å². The zero-order chi connectivity index (χ0) is 8.55. The molecule has 4 heteroatoms. The molecule has 2 rings (SSSR count). The number of hydroxylamine groups is 2. The average Bonchev–Trinajstić information content (AvgIpc) is 2.61. The van der Waals surface area contributed by atoms with Gasteiger partial charge in [-0.05, 0) is 12.8 Å². The van der Waals surface area contributed by atoms with Gasteiger partial charge in [0, 0.05) is 6.54 Å². The molecule has 0 aromatic heterocycles. The number of hydrogen-bond donors (Lipinski definition) is 0. The second-order valence-corrected chi connectivity index (χ2v) is 3.16. The smallest absolute Gasteiger partial charge is 0.182 e. The lowest BCUT2D eigenvalue weighted by atomic mass is 9.96. The van der Waals surface area contributed by atoms with Crippen LogP contribution in [-0.4, -0.2) is 23.8 Å². The van der Waals surface area contributed by atoms with E-state index in [0.29, 0.717) is 0 Å². The molecular formula is C8H9N3O. The zero-order valence-electron chi connectivity index (χ0n) is 6.60. The first-order chi connectivity index (χ1) is 5.86. The molecule has 0 aliphatic carbocycles. The fourth-order valence-electron chi connectivity index (χ4n) is 1.93. The Labute approximate surface area is 70.9 Å². The number of hydrogen-bond acceptors (Lipinski definition) is 4. The van der Waals surface area contributed by atoms with Crippen molar-refractivity contribution in [3.05, 3.63) is 0 Å². The molecule has 0 saturated carbocycles. The summed E-state index contributed by atoms with van der Waals surface area (Å²) in [6.07, 6.45) is 1.51. The summed E-state index contributed by atoms with van der Waals surface area (Å²) in [4.78, 5) is 5.29. The van der Waals surface area contributed by atoms with Crippen molar-refractivity contribution >= 4 is 0 Å². The van der Waals surface area contributed by atoms with Crippen LogP contribution in [-0.2, 0) is 4.84 Å². The number of rotatable bonds is 0. The van der Waals surface area contributed by atoms with Gasteiger partial charge in [-0.3, -0.25) is 4.84 Å². The number of nitrogens with zero attached hydrogens (tertiary/aromatic N) is 3. The summed E-state index contributed by atoms with van der Waals surface area (Å²) in [5.41, 5.74) is 0. The predicted molar refractivity (Wildman–Crippen MR) is 39.3 cm³/mol. The van der Waals surface area contributed by atoms with Gasteiger partial charge in [-0.25, -0.2) is 0 Å². The van der Waals surface area contributed by atoms with Gasteiger partial charge in [-0.15, -0.1) is 0 Å². The monoisotopic (exact) mass is 163 g/mol. The fraction of sp³-hybridized carbons (Fsp3) is 0.750. The van der Waals surface area contributed by atoms with Gasteiger partial charge in [-0.1, -0.05) is 0 Å². The van der Waals surface area contributed by atoms with Crippen molar-refractivity contribution in [2.45, 2.75) is 25.0 Å². The standard InChI is InChI=1S/C8H9N3O/c9-4-6-7-2-1-3-11(7)12-8(6)5-10/h6-8H,1-3H2/t6-,7+,8-/m0/s1. The minimum atomic E-state index is -0.541. The van der Waals surface area contributed by atoms with Crippen molar-refractivity contribution in [3.63, 3.8) is 0 Å². The molecule has 0 unspecified atom stereocenters. The fourth-order valence-corrected chi connectivity index (χ4v) is 1.93. The maximum Gasteiger partial charge on any atom is 0.182 e. The van der Waals surface area contributed by atoms with Crippen LogP contribution in [0.1, 0.15) is 12.8 Å². The van der Waals surface area contributed by atoms with E-state index < -0.39 is 6.10 Å². The van der Waals surface area contributed by atoms with Crippen LogP contribution in [0.25, 0.3) is 0 Å². The van der Waals surface area contributed by atoms with E-state index in [2.05, 4.69) is 6.07 Å². The molecule has 3 atom stereocenters. The molecule has 62 valence electrons. The van der Waals surface area contributed by atoms with Crippen molar-refractivity contribution in [1.82, 2.24) is 5.06 Å². The molecule has 0 radical (unpaired) electrons. The minimum absolute atomic E-state index is 0.166. The van der Waals surface area contributed by atoms with Crippen LogP contribution >= 0.6 is 0 Å². The Morgan fingerprint density at radius 1 is 1.33 bits per heavy atom. The molecular weight excluding hydrogens is 154 g/mol. The molecule has 2 aliphatic heterocycles. The lowest BCUT2D eigenvalue weighted by molar-refractivity contribution is -0.132. The summed E-state index contributed by atoms with van der Waals surface area (Å²) < 4.78 is 0. The molecule has 2 saturated heterocycles. The van der Waals surface area contributed by atoms with Crippen molar-refractivity contribution in [3.8, 4) is 12.1 Å². The molecule has 4 nitrogen and oxygen atoms in total. The first-order valence-electron chi connectivity index (χ1n) is 4.09. The average molecular weight is 163 g/mol. The van der Waals surface area contributed by atoms with E-state index in [1.54, 1.807) is 5.06 Å². The molecule has 0 spiro atoms. The third-order valence-corrected chi connectivity index (χ3v) is 2.51. The molecule has 0 N–H and O–H groups in total. The van der Waals surface area contributed by atoms with Gasteiger partial charge in [0.2, 0.25) is 0 Å². The van der Waals surface area contributed by atoms with E-state index in [1.807, 2.05) is 6.07 Å². The Morgan fingerprint density at radius 3 is 2.83 bits per heavy atom. The molecule has 0 amide bonds. The van der Waals surface area contributed by atoms with Crippen LogP contribution in [0.4, 0.5) is 0 Å². The Morgan fingerprint density at radius 2 is 2.17 bits per heavy atom. The van der Waals surface area contributed by atoms with E-state index in [0.717, 1.165) is 19.4 Å².